The molecule has 0 aliphatic heterocycles. The van der Waals surface area contributed by atoms with E-state index in [0.717, 1.165) is 18.6 Å². The van der Waals surface area contributed by atoms with Crippen LogP contribution in [0, 0.1) is 13.8 Å². The number of aryl methyl sites for hydroxylation is 2. The molecule has 1 fully saturated rings. The zero-order valence-corrected chi connectivity index (χ0v) is 10.1. The molecule has 84 valence electrons. The van der Waals surface area contributed by atoms with Crippen molar-refractivity contribution < 1.29 is 4.74 Å². The monoisotopic (exact) mass is 227 g/mol. The van der Waals surface area contributed by atoms with Crippen LogP contribution >= 0.6 is 12.4 Å². The maximum Gasteiger partial charge on any atom is 0.119 e. The highest BCUT2D eigenvalue weighted by atomic mass is 35.5. The van der Waals surface area contributed by atoms with Gasteiger partial charge < -0.3 is 10.5 Å². The van der Waals surface area contributed by atoms with Crippen LogP contribution in [0.25, 0.3) is 0 Å². The molecule has 0 radical (unpaired) electrons. The van der Waals surface area contributed by atoms with E-state index >= 15 is 0 Å². The largest absolute Gasteiger partial charge is 0.492 e. The van der Waals surface area contributed by atoms with Crippen LogP contribution in [0.15, 0.2) is 18.2 Å². The molecule has 2 N–H and O–H groups in total. The second-order valence-electron chi connectivity index (χ2n) is 4.47. The molecule has 0 spiro atoms. The van der Waals surface area contributed by atoms with Crippen LogP contribution in [0.2, 0.25) is 0 Å². The van der Waals surface area contributed by atoms with Gasteiger partial charge in [-0.05, 0) is 49.9 Å². The molecule has 0 unspecified atom stereocenters. The Morgan fingerprint density at radius 1 is 1.20 bits per heavy atom. The van der Waals surface area contributed by atoms with E-state index in [4.69, 9.17) is 10.5 Å². The number of hydrogen-bond donors (Lipinski definition) is 1. The first-order valence-electron chi connectivity index (χ1n) is 5.07. The summed E-state index contributed by atoms with van der Waals surface area (Å²) in [6, 6.07) is 6.25. The van der Waals surface area contributed by atoms with Gasteiger partial charge in [0.15, 0.2) is 0 Å². The predicted molar refractivity (Wildman–Crippen MR) is 64.8 cm³/mol. The fourth-order valence-corrected chi connectivity index (χ4v) is 1.55. The first kappa shape index (κ1) is 12.3. The highest BCUT2D eigenvalue weighted by Crippen LogP contribution is 2.32. The minimum Gasteiger partial charge on any atom is -0.492 e. The van der Waals surface area contributed by atoms with E-state index in [9.17, 15) is 0 Å². The van der Waals surface area contributed by atoms with Gasteiger partial charge in [-0.3, -0.25) is 0 Å². The van der Waals surface area contributed by atoms with Gasteiger partial charge in [-0.1, -0.05) is 6.07 Å². The van der Waals surface area contributed by atoms with E-state index in [2.05, 4.69) is 32.0 Å². The number of hydrogen-bond acceptors (Lipinski definition) is 2. The third kappa shape index (κ3) is 3.40. The molecule has 15 heavy (non-hydrogen) atoms. The lowest BCUT2D eigenvalue weighted by atomic mass is 10.1. The van der Waals surface area contributed by atoms with Crippen molar-refractivity contribution in [2.45, 2.75) is 32.2 Å². The lowest BCUT2D eigenvalue weighted by molar-refractivity contribution is 0.279. The van der Waals surface area contributed by atoms with Crippen molar-refractivity contribution in [3.63, 3.8) is 0 Å². The molecule has 1 aliphatic carbocycles. The van der Waals surface area contributed by atoms with Crippen LogP contribution in [0.4, 0.5) is 0 Å². The highest BCUT2D eigenvalue weighted by Gasteiger charge is 2.39. The molecular formula is C12H18ClNO. The number of halogens is 1. The van der Waals surface area contributed by atoms with Gasteiger partial charge in [-0.25, -0.2) is 0 Å². The molecule has 2 rings (SSSR count). The van der Waals surface area contributed by atoms with E-state index < -0.39 is 0 Å². The van der Waals surface area contributed by atoms with E-state index in [1.165, 1.54) is 11.1 Å². The van der Waals surface area contributed by atoms with Crippen molar-refractivity contribution in [1.29, 1.82) is 0 Å². The van der Waals surface area contributed by atoms with Gasteiger partial charge in [0.05, 0.1) is 5.54 Å². The van der Waals surface area contributed by atoms with Crippen molar-refractivity contribution >= 4 is 12.4 Å². The van der Waals surface area contributed by atoms with Crippen LogP contribution in [0.5, 0.6) is 5.75 Å². The normalized spacial score (nSPS) is 16.7. The summed E-state index contributed by atoms with van der Waals surface area (Å²) in [5, 5.41) is 0. The Morgan fingerprint density at radius 2 is 1.73 bits per heavy atom. The minimum absolute atomic E-state index is 0. The summed E-state index contributed by atoms with van der Waals surface area (Å²) in [5.41, 5.74) is 8.39. The summed E-state index contributed by atoms with van der Waals surface area (Å²) < 4.78 is 5.67. The molecule has 1 saturated carbocycles. The molecule has 0 saturated heterocycles. The summed E-state index contributed by atoms with van der Waals surface area (Å²) in [5.74, 6) is 0.944. The molecule has 0 amide bonds. The van der Waals surface area contributed by atoms with Gasteiger partial charge >= 0.3 is 0 Å². The van der Waals surface area contributed by atoms with Crippen LogP contribution in [-0.2, 0) is 0 Å². The Labute approximate surface area is 97.2 Å². The Morgan fingerprint density at radius 3 is 2.20 bits per heavy atom. The van der Waals surface area contributed by atoms with Crippen molar-refractivity contribution in [3.8, 4) is 5.75 Å². The first-order chi connectivity index (χ1) is 6.57. The number of nitrogens with two attached hydrogens (primary N) is 1. The van der Waals surface area contributed by atoms with E-state index in [-0.39, 0.29) is 17.9 Å². The van der Waals surface area contributed by atoms with Gasteiger partial charge in [0.25, 0.3) is 0 Å². The van der Waals surface area contributed by atoms with Crippen molar-refractivity contribution in [2.24, 2.45) is 5.73 Å². The van der Waals surface area contributed by atoms with Gasteiger partial charge in [0.2, 0.25) is 0 Å². The zero-order chi connectivity index (χ0) is 10.2. The fraction of sp³-hybridized carbons (Fsp3) is 0.500. The Kier molecular flexibility index (Phi) is 3.63. The van der Waals surface area contributed by atoms with E-state index in [1.54, 1.807) is 0 Å². The molecule has 0 heterocycles. The van der Waals surface area contributed by atoms with Crippen molar-refractivity contribution in [3.05, 3.63) is 29.3 Å². The maximum atomic E-state index is 5.95. The topological polar surface area (TPSA) is 35.2 Å². The molecule has 3 heteroatoms. The summed E-state index contributed by atoms with van der Waals surface area (Å²) in [6.45, 7) is 4.81. The summed E-state index contributed by atoms with van der Waals surface area (Å²) >= 11 is 0. The maximum absolute atomic E-state index is 5.95. The van der Waals surface area contributed by atoms with Crippen LogP contribution < -0.4 is 10.5 Å². The third-order valence-electron chi connectivity index (χ3n) is 2.61. The minimum atomic E-state index is -0.0301. The van der Waals surface area contributed by atoms with Crippen LogP contribution in [0.3, 0.4) is 0 Å². The number of ether oxygens (including phenoxy) is 1. The van der Waals surface area contributed by atoms with Crippen molar-refractivity contribution in [2.75, 3.05) is 6.61 Å². The average Bonchev–Trinajstić information content (AvgIpc) is 2.80. The Balaban J connectivity index is 0.00000112. The molecule has 0 atom stereocenters. The molecule has 0 aromatic heterocycles. The number of benzene rings is 1. The first-order valence-corrected chi connectivity index (χ1v) is 5.07. The van der Waals surface area contributed by atoms with Gasteiger partial charge in [-0.15, -0.1) is 12.4 Å². The number of rotatable bonds is 3. The van der Waals surface area contributed by atoms with Crippen LogP contribution in [0.1, 0.15) is 24.0 Å². The standard InChI is InChI=1S/C12H17NO.ClH/c1-9-5-10(2)7-11(6-9)14-8-12(13)3-4-12;/h5-7H,3-4,8,13H2,1-2H3;1H. The quantitative estimate of drug-likeness (QED) is 0.862. The van der Waals surface area contributed by atoms with Crippen molar-refractivity contribution in [1.82, 2.24) is 0 Å². The van der Waals surface area contributed by atoms with Crippen LogP contribution in [-0.4, -0.2) is 12.1 Å². The summed E-state index contributed by atoms with van der Waals surface area (Å²) in [7, 11) is 0. The lowest BCUT2D eigenvalue weighted by Gasteiger charge is -2.12. The zero-order valence-electron chi connectivity index (χ0n) is 9.25. The highest BCUT2D eigenvalue weighted by molar-refractivity contribution is 5.85. The Hall–Kier alpha value is -0.730. The summed E-state index contributed by atoms with van der Waals surface area (Å²) in [6.07, 6.45) is 2.19. The molecule has 1 aromatic rings. The molecule has 1 aliphatic rings. The Bertz CT molecular complexity index is 327. The van der Waals surface area contributed by atoms with E-state index in [0.29, 0.717) is 6.61 Å². The molecule has 2 nitrogen and oxygen atoms in total. The predicted octanol–water partition coefficient (Wildman–Crippen LogP) is 2.60. The smallest absolute Gasteiger partial charge is 0.119 e. The summed E-state index contributed by atoms with van der Waals surface area (Å²) in [4.78, 5) is 0. The second-order valence-corrected chi connectivity index (χ2v) is 4.47. The molecular weight excluding hydrogens is 210 g/mol. The van der Waals surface area contributed by atoms with E-state index in [1.807, 2.05) is 0 Å². The van der Waals surface area contributed by atoms with Gasteiger partial charge in [-0.2, -0.15) is 0 Å². The lowest BCUT2D eigenvalue weighted by Crippen LogP contribution is -2.29. The second kappa shape index (κ2) is 4.42. The SMILES string of the molecule is Cc1cc(C)cc(OCC2(N)CC2)c1.Cl. The van der Waals surface area contributed by atoms with Gasteiger partial charge in [0, 0.05) is 0 Å². The molecule has 1 aromatic carbocycles. The fourth-order valence-electron chi connectivity index (χ4n) is 1.55. The third-order valence-corrected chi connectivity index (χ3v) is 2.61. The van der Waals surface area contributed by atoms with Gasteiger partial charge in [0.1, 0.15) is 12.4 Å². The average molecular weight is 228 g/mol. The molecule has 0 bridgehead atoms.